The van der Waals surface area contributed by atoms with Crippen LogP contribution in [-0.4, -0.2) is 35.6 Å². The predicted molar refractivity (Wildman–Crippen MR) is 84.2 cm³/mol. The molecule has 1 atom stereocenters. The van der Waals surface area contributed by atoms with Crippen LogP contribution in [0.5, 0.6) is 0 Å². The van der Waals surface area contributed by atoms with Crippen LogP contribution in [0.1, 0.15) is 19.3 Å². The molecular weight excluding hydrogens is 334 g/mol. The maximum Gasteiger partial charge on any atom is 0.328 e. The lowest BCUT2D eigenvalue weighted by Crippen LogP contribution is -2.46. The number of carbonyl (C=O) groups is 1. The van der Waals surface area contributed by atoms with Crippen LogP contribution in [0.15, 0.2) is 29.0 Å². The Kier molecular flexibility index (Phi) is 4.05. The van der Waals surface area contributed by atoms with Crippen molar-refractivity contribution in [3.8, 4) is 0 Å². The van der Waals surface area contributed by atoms with E-state index in [1.54, 1.807) is 6.33 Å². The number of anilines is 1. The molecule has 2 heterocycles. The number of benzene rings is 1. The zero-order valence-electron chi connectivity index (χ0n) is 11.8. The average molecular weight is 350 g/mol. The molecule has 1 aromatic heterocycles. The summed E-state index contributed by atoms with van der Waals surface area (Å²) in [5.74, 6) is 0.594. The van der Waals surface area contributed by atoms with Gasteiger partial charge in [-0.15, -0.1) is 0 Å². The summed E-state index contributed by atoms with van der Waals surface area (Å²) in [7, 11) is 1.43. The Bertz CT molecular complexity index is 672. The van der Waals surface area contributed by atoms with E-state index in [0.29, 0.717) is 0 Å². The van der Waals surface area contributed by atoms with E-state index < -0.39 is 0 Å². The molecular formula is C15H16BrN3O2. The number of rotatable bonds is 2. The summed E-state index contributed by atoms with van der Waals surface area (Å²) in [6.45, 7) is 0.799. The summed E-state index contributed by atoms with van der Waals surface area (Å²) < 4.78 is 5.88. The molecule has 1 aliphatic rings. The van der Waals surface area contributed by atoms with Crippen molar-refractivity contribution in [2.24, 2.45) is 0 Å². The van der Waals surface area contributed by atoms with Crippen LogP contribution in [0.4, 0.5) is 5.82 Å². The van der Waals surface area contributed by atoms with E-state index in [-0.39, 0.29) is 12.0 Å². The molecule has 1 aromatic carbocycles. The third-order valence-electron chi connectivity index (χ3n) is 3.84. The van der Waals surface area contributed by atoms with Gasteiger partial charge in [-0.3, -0.25) is 0 Å². The standard InChI is InChI=1S/C15H16BrN3O2/c1-21-15(20)12-7-2-3-8-19(12)14-13-10(16)5-4-6-11(13)17-9-18-14/h4-6,9,12H,2-3,7-8H2,1H3. The number of aromatic nitrogens is 2. The molecule has 6 heteroatoms. The summed E-state index contributed by atoms with van der Waals surface area (Å²) in [6, 6.07) is 5.58. The number of halogens is 1. The van der Waals surface area contributed by atoms with E-state index >= 15 is 0 Å². The molecule has 1 saturated heterocycles. The van der Waals surface area contributed by atoms with Crippen LogP contribution in [0.3, 0.4) is 0 Å². The fourth-order valence-electron chi connectivity index (χ4n) is 2.84. The molecule has 0 spiro atoms. The highest BCUT2D eigenvalue weighted by atomic mass is 79.9. The summed E-state index contributed by atoms with van der Waals surface area (Å²) in [5, 5.41) is 0.941. The zero-order chi connectivity index (χ0) is 14.8. The third-order valence-corrected chi connectivity index (χ3v) is 4.50. The van der Waals surface area contributed by atoms with Gasteiger partial charge in [0.1, 0.15) is 18.2 Å². The molecule has 3 rings (SSSR count). The van der Waals surface area contributed by atoms with Crippen molar-refractivity contribution in [2.75, 3.05) is 18.6 Å². The molecule has 0 aliphatic carbocycles. The Hall–Kier alpha value is -1.69. The second-order valence-electron chi connectivity index (χ2n) is 5.06. The van der Waals surface area contributed by atoms with Crippen LogP contribution in [0.25, 0.3) is 10.9 Å². The van der Waals surface area contributed by atoms with Gasteiger partial charge in [-0.25, -0.2) is 14.8 Å². The second-order valence-corrected chi connectivity index (χ2v) is 5.91. The molecule has 2 aromatic rings. The molecule has 0 radical (unpaired) electrons. The Morgan fingerprint density at radius 2 is 2.24 bits per heavy atom. The summed E-state index contributed by atoms with van der Waals surface area (Å²) in [4.78, 5) is 22.8. The Balaban J connectivity index is 2.12. The minimum atomic E-state index is -0.269. The molecule has 5 nitrogen and oxygen atoms in total. The van der Waals surface area contributed by atoms with Crippen LogP contribution in [-0.2, 0) is 9.53 Å². The Morgan fingerprint density at radius 1 is 1.38 bits per heavy atom. The highest BCUT2D eigenvalue weighted by Gasteiger charge is 2.31. The molecule has 0 bridgehead atoms. The molecule has 0 N–H and O–H groups in total. The fourth-order valence-corrected chi connectivity index (χ4v) is 3.37. The minimum absolute atomic E-state index is 0.200. The first-order chi connectivity index (χ1) is 10.2. The van der Waals surface area contributed by atoms with E-state index in [0.717, 1.165) is 47.0 Å². The maximum atomic E-state index is 12.1. The number of piperidine rings is 1. The van der Waals surface area contributed by atoms with Crippen LogP contribution in [0.2, 0.25) is 0 Å². The number of ether oxygens (including phenoxy) is 1. The molecule has 110 valence electrons. The Labute approximate surface area is 131 Å². The van der Waals surface area contributed by atoms with Crippen molar-refractivity contribution in [1.82, 2.24) is 9.97 Å². The summed E-state index contributed by atoms with van der Waals surface area (Å²) in [5.41, 5.74) is 0.864. The molecule has 1 unspecified atom stereocenters. The van der Waals surface area contributed by atoms with Crippen molar-refractivity contribution < 1.29 is 9.53 Å². The number of esters is 1. The first kappa shape index (κ1) is 14.3. The van der Waals surface area contributed by atoms with Gasteiger partial charge >= 0.3 is 5.97 Å². The maximum absolute atomic E-state index is 12.1. The monoisotopic (exact) mass is 349 g/mol. The normalized spacial score (nSPS) is 18.8. The highest BCUT2D eigenvalue weighted by Crippen LogP contribution is 2.33. The van der Waals surface area contributed by atoms with Gasteiger partial charge < -0.3 is 9.64 Å². The molecule has 1 fully saturated rings. The van der Waals surface area contributed by atoms with Crippen molar-refractivity contribution in [3.05, 3.63) is 29.0 Å². The highest BCUT2D eigenvalue weighted by molar-refractivity contribution is 9.10. The van der Waals surface area contributed by atoms with Crippen LogP contribution in [0, 0.1) is 0 Å². The second kappa shape index (κ2) is 5.97. The van der Waals surface area contributed by atoms with Gasteiger partial charge in [0.2, 0.25) is 0 Å². The van der Waals surface area contributed by atoms with Crippen molar-refractivity contribution in [1.29, 1.82) is 0 Å². The predicted octanol–water partition coefficient (Wildman–Crippen LogP) is 2.92. The smallest absolute Gasteiger partial charge is 0.328 e. The Morgan fingerprint density at radius 3 is 3.05 bits per heavy atom. The molecule has 21 heavy (non-hydrogen) atoms. The van der Waals surface area contributed by atoms with Gasteiger partial charge in [0.25, 0.3) is 0 Å². The first-order valence-corrected chi connectivity index (χ1v) is 7.75. The van der Waals surface area contributed by atoms with E-state index in [2.05, 4.69) is 25.9 Å². The average Bonchev–Trinajstić information content (AvgIpc) is 2.54. The van der Waals surface area contributed by atoms with Crippen molar-refractivity contribution in [3.63, 3.8) is 0 Å². The number of nitrogens with zero attached hydrogens (tertiary/aromatic N) is 3. The summed E-state index contributed by atoms with van der Waals surface area (Å²) >= 11 is 3.57. The van der Waals surface area contributed by atoms with E-state index in [1.807, 2.05) is 23.1 Å². The van der Waals surface area contributed by atoms with Gasteiger partial charge in [-0.2, -0.15) is 0 Å². The SMILES string of the molecule is COC(=O)C1CCCCN1c1ncnc2cccc(Br)c12. The molecule has 0 amide bonds. The lowest BCUT2D eigenvalue weighted by molar-refractivity contribution is -0.142. The number of methoxy groups -OCH3 is 1. The lowest BCUT2D eigenvalue weighted by Gasteiger charge is -2.35. The first-order valence-electron chi connectivity index (χ1n) is 6.96. The number of hydrogen-bond donors (Lipinski definition) is 0. The zero-order valence-corrected chi connectivity index (χ0v) is 13.3. The van der Waals surface area contributed by atoms with Gasteiger partial charge in [0.05, 0.1) is 18.0 Å². The lowest BCUT2D eigenvalue weighted by atomic mass is 10.0. The number of fused-ring (bicyclic) bond motifs is 1. The minimum Gasteiger partial charge on any atom is -0.467 e. The largest absolute Gasteiger partial charge is 0.467 e. The summed E-state index contributed by atoms with van der Waals surface area (Å²) in [6.07, 6.45) is 4.42. The van der Waals surface area contributed by atoms with Gasteiger partial charge in [0, 0.05) is 11.0 Å². The van der Waals surface area contributed by atoms with Gasteiger partial charge in [-0.1, -0.05) is 6.07 Å². The topological polar surface area (TPSA) is 55.3 Å². The van der Waals surface area contributed by atoms with E-state index in [9.17, 15) is 4.79 Å². The quantitative estimate of drug-likeness (QED) is 0.780. The van der Waals surface area contributed by atoms with Crippen LogP contribution < -0.4 is 4.90 Å². The van der Waals surface area contributed by atoms with E-state index in [1.165, 1.54) is 7.11 Å². The van der Waals surface area contributed by atoms with E-state index in [4.69, 9.17) is 4.74 Å². The molecule has 0 saturated carbocycles. The van der Waals surface area contributed by atoms with Crippen molar-refractivity contribution in [2.45, 2.75) is 25.3 Å². The fraction of sp³-hybridized carbons (Fsp3) is 0.400. The number of hydrogen-bond acceptors (Lipinski definition) is 5. The van der Waals surface area contributed by atoms with Crippen LogP contribution >= 0.6 is 15.9 Å². The van der Waals surface area contributed by atoms with Crippen molar-refractivity contribution >= 4 is 38.6 Å². The van der Waals surface area contributed by atoms with Gasteiger partial charge in [-0.05, 0) is 47.3 Å². The number of carbonyl (C=O) groups excluding carboxylic acids is 1. The molecule has 1 aliphatic heterocycles. The van der Waals surface area contributed by atoms with Gasteiger partial charge in [0.15, 0.2) is 0 Å². The third kappa shape index (κ3) is 2.60.